The van der Waals surface area contributed by atoms with Crippen LogP contribution in [0.25, 0.3) is 0 Å². The molecule has 1 heterocycles. The number of hydrogen-bond donors (Lipinski definition) is 2. The summed E-state index contributed by atoms with van der Waals surface area (Å²) in [6.07, 6.45) is 4.73. The van der Waals surface area contributed by atoms with Crippen LogP contribution in [0.4, 0.5) is 10.1 Å². The number of nitrogens with zero attached hydrogens (tertiary/aromatic N) is 3. The maximum atomic E-state index is 13.6. The predicted octanol–water partition coefficient (Wildman–Crippen LogP) is 2.59. The van der Waals surface area contributed by atoms with Gasteiger partial charge in [0.15, 0.2) is 0 Å². The van der Waals surface area contributed by atoms with Crippen molar-refractivity contribution in [3.63, 3.8) is 0 Å². The SMILES string of the molecule is NC1=NC2(CCCCC2)N(c2cc(F)ccc2Cl)C(N)=N1. The van der Waals surface area contributed by atoms with Crippen LogP contribution in [-0.4, -0.2) is 17.6 Å². The van der Waals surface area contributed by atoms with Gasteiger partial charge in [-0.05, 0) is 43.9 Å². The van der Waals surface area contributed by atoms with Crippen LogP contribution in [0.1, 0.15) is 32.1 Å². The molecule has 0 unspecified atom stereocenters. The molecule has 0 atom stereocenters. The van der Waals surface area contributed by atoms with Gasteiger partial charge in [-0.2, -0.15) is 4.99 Å². The molecule has 3 rings (SSSR count). The van der Waals surface area contributed by atoms with Gasteiger partial charge >= 0.3 is 0 Å². The molecule has 0 radical (unpaired) electrons. The van der Waals surface area contributed by atoms with E-state index in [0.29, 0.717) is 10.7 Å². The van der Waals surface area contributed by atoms with E-state index in [0.717, 1.165) is 32.1 Å². The zero-order valence-electron chi connectivity index (χ0n) is 11.5. The first-order valence-electron chi connectivity index (χ1n) is 6.97. The summed E-state index contributed by atoms with van der Waals surface area (Å²) in [4.78, 5) is 10.3. The van der Waals surface area contributed by atoms with Crippen molar-refractivity contribution in [2.24, 2.45) is 21.5 Å². The number of nitrogens with two attached hydrogens (primary N) is 2. The van der Waals surface area contributed by atoms with E-state index >= 15 is 0 Å². The normalized spacial score (nSPS) is 21.1. The van der Waals surface area contributed by atoms with Gasteiger partial charge < -0.3 is 11.5 Å². The van der Waals surface area contributed by atoms with E-state index in [4.69, 9.17) is 23.1 Å². The third-order valence-electron chi connectivity index (χ3n) is 4.00. The highest BCUT2D eigenvalue weighted by molar-refractivity contribution is 6.34. The Bertz CT molecular complexity index is 622. The van der Waals surface area contributed by atoms with E-state index < -0.39 is 5.66 Å². The summed E-state index contributed by atoms with van der Waals surface area (Å²) in [6.45, 7) is 0. The predicted molar refractivity (Wildman–Crippen MR) is 82.9 cm³/mol. The molecule has 2 aliphatic rings. The van der Waals surface area contributed by atoms with Gasteiger partial charge in [0.25, 0.3) is 0 Å². The summed E-state index contributed by atoms with van der Waals surface area (Å²) in [5.41, 5.74) is 11.7. The number of hydrogen-bond acceptors (Lipinski definition) is 5. The zero-order valence-corrected chi connectivity index (χ0v) is 12.3. The lowest BCUT2D eigenvalue weighted by Crippen LogP contribution is -2.58. The molecule has 1 aliphatic carbocycles. The summed E-state index contributed by atoms with van der Waals surface area (Å²) in [6, 6.07) is 4.18. The van der Waals surface area contributed by atoms with E-state index in [1.54, 1.807) is 4.90 Å². The van der Waals surface area contributed by atoms with Crippen LogP contribution in [0.5, 0.6) is 0 Å². The Balaban J connectivity index is 2.13. The maximum absolute atomic E-state index is 13.6. The average molecular weight is 310 g/mol. The van der Waals surface area contributed by atoms with Gasteiger partial charge in [0.1, 0.15) is 11.5 Å². The lowest BCUT2D eigenvalue weighted by atomic mass is 9.87. The summed E-state index contributed by atoms with van der Waals surface area (Å²) in [7, 11) is 0. The van der Waals surface area contributed by atoms with Crippen molar-refractivity contribution in [3.05, 3.63) is 29.0 Å². The van der Waals surface area contributed by atoms with Crippen molar-refractivity contribution in [1.82, 2.24) is 0 Å². The lowest BCUT2D eigenvalue weighted by Gasteiger charge is -2.45. The van der Waals surface area contributed by atoms with E-state index in [2.05, 4.69) is 9.98 Å². The molecule has 1 aliphatic heterocycles. The fourth-order valence-corrected chi connectivity index (χ4v) is 3.33. The molecule has 1 saturated carbocycles. The Labute approximate surface area is 127 Å². The van der Waals surface area contributed by atoms with Crippen molar-refractivity contribution in [3.8, 4) is 0 Å². The molecule has 0 bridgehead atoms. The second-order valence-corrected chi connectivity index (χ2v) is 5.82. The molecule has 0 aromatic heterocycles. The second kappa shape index (κ2) is 5.18. The fraction of sp³-hybridized carbons (Fsp3) is 0.429. The second-order valence-electron chi connectivity index (χ2n) is 5.41. The molecular weight excluding hydrogens is 293 g/mol. The monoisotopic (exact) mass is 309 g/mol. The summed E-state index contributed by atoms with van der Waals surface area (Å²) in [5.74, 6) is -0.00856. The highest BCUT2D eigenvalue weighted by Gasteiger charge is 2.43. The van der Waals surface area contributed by atoms with Crippen LogP contribution in [0.3, 0.4) is 0 Å². The summed E-state index contributed by atoms with van der Waals surface area (Å²) in [5, 5.41) is 0.412. The molecule has 1 aromatic rings. The lowest BCUT2D eigenvalue weighted by molar-refractivity contribution is 0.305. The standard InChI is InChI=1S/C14H17ClFN5/c15-10-5-4-9(16)8-11(10)21-13(18)19-12(17)20-14(21)6-2-1-3-7-14/h4-5,8H,1-3,6-7H2,(H4,17,18,19,20). The number of guanidine groups is 2. The van der Waals surface area contributed by atoms with Crippen LogP contribution in [0, 0.1) is 5.82 Å². The van der Waals surface area contributed by atoms with E-state index in [1.807, 2.05) is 0 Å². The van der Waals surface area contributed by atoms with E-state index in [9.17, 15) is 4.39 Å². The molecule has 1 fully saturated rings. The minimum atomic E-state index is -0.606. The minimum Gasteiger partial charge on any atom is -0.369 e. The van der Waals surface area contributed by atoms with E-state index in [-0.39, 0.29) is 17.7 Å². The Morgan fingerprint density at radius 2 is 1.90 bits per heavy atom. The van der Waals surface area contributed by atoms with Crippen LogP contribution in [0.15, 0.2) is 28.2 Å². The van der Waals surface area contributed by atoms with Crippen molar-refractivity contribution in [1.29, 1.82) is 0 Å². The number of aliphatic imine (C=N–C) groups is 2. The van der Waals surface area contributed by atoms with Crippen LogP contribution >= 0.6 is 11.6 Å². The average Bonchev–Trinajstić information content (AvgIpc) is 2.42. The topological polar surface area (TPSA) is 80.0 Å². The summed E-state index contributed by atoms with van der Waals surface area (Å²) < 4.78 is 13.6. The van der Waals surface area contributed by atoms with Gasteiger partial charge in [0, 0.05) is 0 Å². The highest BCUT2D eigenvalue weighted by atomic mass is 35.5. The van der Waals surface area contributed by atoms with Crippen molar-refractivity contribution < 1.29 is 4.39 Å². The Morgan fingerprint density at radius 1 is 1.19 bits per heavy atom. The Morgan fingerprint density at radius 3 is 2.62 bits per heavy atom. The molecular formula is C14H17ClFN5. The maximum Gasteiger partial charge on any atom is 0.220 e. The molecule has 5 nitrogen and oxygen atoms in total. The van der Waals surface area contributed by atoms with Crippen molar-refractivity contribution in [2.75, 3.05) is 4.90 Å². The van der Waals surface area contributed by atoms with Crippen molar-refractivity contribution >= 4 is 29.2 Å². The number of rotatable bonds is 1. The molecule has 7 heteroatoms. The summed E-state index contributed by atoms with van der Waals surface area (Å²) >= 11 is 6.24. The fourth-order valence-electron chi connectivity index (χ4n) is 3.13. The molecule has 4 N–H and O–H groups in total. The molecule has 0 saturated heterocycles. The minimum absolute atomic E-state index is 0.165. The third kappa shape index (κ3) is 2.44. The van der Waals surface area contributed by atoms with Gasteiger partial charge in [-0.25, -0.2) is 9.38 Å². The number of anilines is 1. The first-order chi connectivity index (χ1) is 10.0. The smallest absolute Gasteiger partial charge is 0.220 e. The third-order valence-corrected chi connectivity index (χ3v) is 4.32. The highest BCUT2D eigenvalue weighted by Crippen LogP contribution is 2.41. The first kappa shape index (κ1) is 14.1. The molecule has 112 valence electrons. The molecule has 21 heavy (non-hydrogen) atoms. The Kier molecular flexibility index (Phi) is 3.49. The van der Waals surface area contributed by atoms with Gasteiger partial charge in [0.2, 0.25) is 11.9 Å². The number of halogens is 2. The van der Waals surface area contributed by atoms with Crippen LogP contribution in [0.2, 0.25) is 5.02 Å². The van der Waals surface area contributed by atoms with Gasteiger partial charge in [-0.15, -0.1) is 0 Å². The van der Waals surface area contributed by atoms with Gasteiger partial charge in [-0.3, -0.25) is 4.90 Å². The number of benzene rings is 1. The van der Waals surface area contributed by atoms with Crippen molar-refractivity contribution in [2.45, 2.75) is 37.8 Å². The Hall–Kier alpha value is -1.82. The molecule has 1 aromatic carbocycles. The largest absolute Gasteiger partial charge is 0.369 e. The van der Waals surface area contributed by atoms with Crippen LogP contribution < -0.4 is 16.4 Å². The van der Waals surface area contributed by atoms with Gasteiger partial charge in [0.05, 0.1) is 10.7 Å². The van der Waals surface area contributed by atoms with Gasteiger partial charge in [-0.1, -0.05) is 18.0 Å². The molecule has 1 spiro atoms. The van der Waals surface area contributed by atoms with E-state index in [1.165, 1.54) is 18.2 Å². The quantitative estimate of drug-likeness (QED) is 0.836. The first-order valence-corrected chi connectivity index (χ1v) is 7.34. The zero-order chi connectivity index (χ0) is 15.0. The van der Waals surface area contributed by atoms with Crippen LogP contribution in [-0.2, 0) is 0 Å². The molecule has 0 amide bonds.